The van der Waals surface area contributed by atoms with Gasteiger partial charge in [-0.2, -0.15) is 0 Å². The van der Waals surface area contributed by atoms with Gasteiger partial charge in [0, 0.05) is 12.6 Å². The molecule has 3 rings (SSSR count). The molecule has 2 aliphatic carbocycles. The molecule has 0 heterocycles. The van der Waals surface area contributed by atoms with Crippen molar-refractivity contribution in [2.75, 3.05) is 6.54 Å². The topological polar surface area (TPSA) is 32.3 Å². The molecule has 3 heteroatoms. The monoisotopic (exact) mass is 263 g/mol. The van der Waals surface area contributed by atoms with Crippen molar-refractivity contribution in [2.45, 2.75) is 50.2 Å². The average molecular weight is 263 g/mol. The fraction of sp³-hybridized carbons (Fsp3) is 0.625. The number of nitrogens with one attached hydrogen (secondary N) is 1. The maximum Gasteiger partial charge on any atom is 0.123 e. The zero-order chi connectivity index (χ0) is 13.2. The fourth-order valence-electron chi connectivity index (χ4n) is 3.39. The first-order chi connectivity index (χ1) is 9.22. The molecule has 0 spiro atoms. The SMILES string of the molecule is OC1CCCC1CNC1CC(c2cccc(F)c2)C1. The number of hydrogen-bond acceptors (Lipinski definition) is 2. The van der Waals surface area contributed by atoms with Crippen LogP contribution in [-0.4, -0.2) is 23.8 Å². The number of aliphatic hydroxyl groups excluding tert-OH is 1. The van der Waals surface area contributed by atoms with E-state index in [2.05, 4.69) is 5.32 Å². The van der Waals surface area contributed by atoms with Gasteiger partial charge >= 0.3 is 0 Å². The summed E-state index contributed by atoms with van der Waals surface area (Å²) in [5.41, 5.74) is 1.12. The lowest BCUT2D eigenvalue weighted by Crippen LogP contribution is -2.43. The van der Waals surface area contributed by atoms with Crippen LogP contribution in [0.1, 0.15) is 43.6 Å². The largest absolute Gasteiger partial charge is 0.393 e. The molecule has 0 amide bonds. The second-order valence-electron chi connectivity index (χ2n) is 6.09. The molecule has 0 aromatic heterocycles. The smallest absolute Gasteiger partial charge is 0.123 e. The van der Waals surface area contributed by atoms with E-state index in [1.807, 2.05) is 6.07 Å². The van der Waals surface area contributed by atoms with Gasteiger partial charge in [-0.05, 0) is 55.2 Å². The number of hydrogen-bond donors (Lipinski definition) is 2. The van der Waals surface area contributed by atoms with E-state index >= 15 is 0 Å². The molecule has 2 unspecified atom stereocenters. The lowest BCUT2D eigenvalue weighted by Gasteiger charge is -2.37. The lowest BCUT2D eigenvalue weighted by molar-refractivity contribution is 0.125. The normalized spacial score (nSPS) is 34.2. The van der Waals surface area contributed by atoms with Gasteiger partial charge in [0.25, 0.3) is 0 Å². The molecule has 2 fully saturated rings. The number of rotatable bonds is 4. The van der Waals surface area contributed by atoms with E-state index in [9.17, 15) is 9.50 Å². The maximum atomic E-state index is 13.1. The number of halogens is 1. The molecule has 1 aromatic rings. The van der Waals surface area contributed by atoms with E-state index < -0.39 is 0 Å². The van der Waals surface area contributed by atoms with Crippen LogP contribution in [0, 0.1) is 11.7 Å². The molecular weight excluding hydrogens is 241 g/mol. The molecule has 2 saturated carbocycles. The van der Waals surface area contributed by atoms with Crippen LogP contribution in [-0.2, 0) is 0 Å². The molecule has 104 valence electrons. The summed E-state index contributed by atoms with van der Waals surface area (Å²) in [6.45, 7) is 0.932. The van der Waals surface area contributed by atoms with Gasteiger partial charge in [-0.15, -0.1) is 0 Å². The second kappa shape index (κ2) is 5.59. The van der Waals surface area contributed by atoms with Crippen molar-refractivity contribution < 1.29 is 9.50 Å². The van der Waals surface area contributed by atoms with E-state index in [1.165, 1.54) is 6.07 Å². The third-order valence-corrected chi connectivity index (χ3v) is 4.75. The summed E-state index contributed by atoms with van der Waals surface area (Å²) in [6, 6.07) is 7.51. The van der Waals surface area contributed by atoms with Crippen LogP contribution < -0.4 is 5.32 Å². The van der Waals surface area contributed by atoms with E-state index in [0.717, 1.165) is 44.2 Å². The van der Waals surface area contributed by atoms with E-state index in [1.54, 1.807) is 12.1 Å². The summed E-state index contributed by atoms with van der Waals surface area (Å²) in [4.78, 5) is 0. The first-order valence-electron chi connectivity index (χ1n) is 7.39. The molecule has 2 atom stereocenters. The Hall–Kier alpha value is -0.930. The zero-order valence-corrected chi connectivity index (χ0v) is 11.2. The van der Waals surface area contributed by atoms with Gasteiger partial charge in [0.05, 0.1) is 6.10 Å². The molecule has 19 heavy (non-hydrogen) atoms. The fourth-order valence-corrected chi connectivity index (χ4v) is 3.39. The Kier molecular flexibility index (Phi) is 3.85. The van der Waals surface area contributed by atoms with E-state index in [-0.39, 0.29) is 11.9 Å². The number of benzene rings is 1. The summed E-state index contributed by atoms with van der Waals surface area (Å²) in [5.74, 6) is 0.804. The van der Waals surface area contributed by atoms with Crippen LogP contribution in [0.25, 0.3) is 0 Å². The first kappa shape index (κ1) is 13.1. The van der Waals surface area contributed by atoms with Crippen LogP contribution in [0.5, 0.6) is 0 Å². The summed E-state index contributed by atoms with van der Waals surface area (Å²) in [6.07, 6.45) is 5.34. The molecule has 0 aliphatic heterocycles. The predicted octanol–water partition coefficient (Wildman–Crippen LogP) is 2.82. The van der Waals surface area contributed by atoms with Crippen LogP contribution in [0.15, 0.2) is 24.3 Å². The summed E-state index contributed by atoms with van der Waals surface area (Å²) in [7, 11) is 0. The lowest BCUT2D eigenvalue weighted by atomic mass is 9.75. The van der Waals surface area contributed by atoms with Gasteiger partial charge in [0.1, 0.15) is 5.82 Å². The van der Waals surface area contributed by atoms with Gasteiger partial charge < -0.3 is 10.4 Å². The quantitative estimate of drug-likeness (QED) is 0.875. The van der Waals surface area contributed by atoms with Crippen molar-refractivity contribution in [3.63, 3.8) is 0 Å². The Morgan fingerprint density at radius 2 is 2.11 bits per heavy atom. The maximum absolute atomic E-state index is 13.1. The van der Waals surface area contributed by atoms with Crippen LogP contribution in [0.4, 0.5) is 4.39 Å². The Balaban J connectivity index is 1.43. The van der Waals surface area contributed by atoms with Crippen molar-refractivity contribution in [2.24, 2.45) is 5.92 Å². The molecule has 2 nitrogen and oxygen atoms in total. The van der Waals surface area contributed by atoms with Gasteiger partial charge in [-0.1, -0.05) is 18.6 Å². The highest BCUT2D eigenvalue weighted by Crippen LogP contribution is 2.37. The van der Waals surface area contributed by atoms with Gasteiger partial charge in [0.15, 0.2) is 0 Å². The van der Waals surface area contributed by atoms with Crippen LogP contribution in [0.2, 0.25) is 0 Å². The Labute approximate surface area is 114 Å². The molecule has 2 N–H and O–H groups in total. The third-order valence-electron chi connectivity index (χ3n) is 4.75. The standard InChI is InChI=1S/C16H22FNO/c17-14-5-1-3-11(7-14)13-8-15(9-13)18-10-12-4-2-6-16(12)19/h1,3,5,7,12-13,15-16,18-19H,2,4,6,8-10H2. The molecule has 2 aliphatic rings. The van der Waals surface area contributed by atoms with Crippen molar-refractivity contribution in [1.82, 2.24) is 5.32 Å². The van der Waals surface area contributed by atoms with Gasteiger partial charge in [0.2, 0.25) is 0 Å². The van der Waals surface area contributed by atoms with Crippen molar-refractivity contribution in [3.05, 3.63) is 35.6 Å². The van der Waals surface area contributed by atoms with E-state index in [0.29, 0.717) is 17.9 Å². The summed E-state index contributed by atoms with van der Waals surface area (Å²) >= 11 is 0. The predicted molar refractivity (Wildman–Crippen MR) is 73.5 cm³/mol. The highest BCUT2D eigenvalue weighted by molar-refractivity contribution is 5.23. The van der Waals surface area contributed by atoms with Crippen LogP contribution >= 0.6 is 0 Å². The molecule has 0 saturated heterocycles. The average Bonchev–Trinajstić information content (AvgIpc) is 2.73. The highest BCUT2D eigenvalue weighted by Gasteiger charge is 2.32. The van der Waals surface area contributed by atoms with E-state index in [4.69, 9.17) is 0 Å². The minimum atomic E-state index is -0.136. The first-order valence-corrected chi connectivity index (χ1v) is 7.39. The van der Waals surface area contributed by atoms with Crippen molar-refractivity contribution in [1.29, 1.82) is 0 Å². The highest BCUT2D eigenvalue weighted by atomic mass is 19.1. The van der Waals surface area contributed by atoms with Gasteiger partial charge in [-0.3, -0.25) is 0 Å². The Morgan fingerprint density at radius 3 is 2.79 bits per heavy atom. The molecule has 0 radical (unpaired) electrons. The third kappa shape index (κ3) is 2.98. The van der Waals surface area contributed by atoms with Crippen molar-refractivity contribution >= 4 is 0 Å². The Morgan fingerprint density at radius 1 is 1.26 bits per heavy atom. The second-order valence-corrected chi connectivity index (χ2v) is 6.09. The van der Waals surface area contributed by atoms with Crippen LogP contribution in [0.3, 0.4) is 0 Å². The minimum absolute atomic E-state index is 0.105. The summed E-state index contributed by atoms with van der Waals surface area (Å²) < 4.78 is 13.1. The molecule has 1 aromatic carbocycles. The van der Waals surface area contributed by atoms with Gasteiger partial charge in [-0.25, -0.2) is 4.39 Å². The molecular formula is C16H22FNO. The zero-order valence-electron chi connectivity index (χ0n) is 11.2. The van der Waals surface area contributed by atoms with Crippen molar-refractivity contribution in [3.8, 4) is 0 Å². The Bertz CT molecular complexity index is 431. The number of aliphatic hydroxyl groups is 1. The molecule has 0 bridgehead atoms. The summed E-state index contributed by atoms with van der Waals surface area (Å²) in [5, 5.41) is 13.3. The minimum Gasteiger partial charge on any atom is -0.393 e.